The van der Waals surface area contributed by atoms with Crippen molar-refractivity contribution in [2.45, 2.75) is 5.16 Å². The maximum Gasteiger partial charge on any atom is 0.229 e. The Hall–Kier alpha value is -1.41. The van der Waals surface area contributed by atoms with E-state index in [1.54, 1.807) is 12.1 Å². The van der Waals surface area contributed by atoms with Crippen LogP contribution in [0.15, 0.2) is 35.5 Å². The van der Waals surface area contributed by atoms with Crippen LogP contribution in [0.4, 0.5) is 0 Å². The van der Waals surface area contributed by atoms with Crippen LogP contribution in [0.25, 0.3) is 5.69 Å². The lowest BCUT2D eigenvalue weighted by Gasteiger charge is -2.01. The molecule has 0 N–H and O–H groups in total. The minimum Gasteiger partial charge on any atom is -0.217 e. The summed E-state index contributed by atoms with van der Waals surface area (Å²) in [4.78, 5) is 0. The zero-order valence-corrected chi connectivity index (χ0v) is 9.94. The summed E-state index contributed by atoms with van der Waals surface area (Å²) in [7, 11) is -2.60. The lowest BCUT2D eigenvalue weighted by molar-refractivity contribution is 0.615. The van der Waals surface area contributed by atoms with Crippen molar-refractivity contribution >= 4 is 19.7 Å². The Morgan fingerprint density at radius 2 is 1.94 bits per heavy atom. The van der Waals surface area contributed by atoms with E-state index in [2.05, 4.69) is 15.5 Å². The molecule has 2 aromatic rings. The normalized spacial score (nSPS) is 11.6. The van der Waals surface area contributed by atoms with Crippen LogP contribution in [0.3, 0.4) is 0 Å². The molecule has 8 heteroatoms. The predicted molar refractivity (Wildman–Crippen MR) is 59.9 cm³/mol. The van der Waals surface area contributed by atoms with Crippen LogP contribution >= 0.6 is 10.8 Å². The topological polar surface area (TPSA) is 77.7 Å². The SMILES string of the molecule is CS(=O)(=O)Sc1nnnn1-c1ccccc1. The van der Waals surface area contributed by atoms with Gasteiger partial charge in [-0.2, -0.15) is 4.68 Å². The van der Waals surface area contributed by atoms with Gasteiger partial charge in [0.1, 0.15) is 0 Å². The van der Waals surface area contributed by atoms with Gasteiger partial charge in [0.15, 0.2) is 0 Å². The van der Waals surface area contributed by atoms with Crippen LogP contribution in [0.1, 0.15) is 0 Å². The molecule has 0 saturated carbocycles. The molecule has 1 aromatic heterocycles. The minimum atomic E-state index is -3.22. The number of rotatable bonds is 3. The molecular weight excluding hydrogens is 248 g/mol. The van der Waals surface area contributed by atoms with Crippen LogP contribution in [-0.2, 0) is 8.87 Å². The molecule has 0 fully saturated rings. The van der Waals surface area contributed by atoms with Gasteiger partial charge < -0.3 is 0 Å². The average molecular weight is 256 g/mol. The Balaban J connectivity index is 2.41. The average Bonchev–Trinajstić information content (AvgIpc) is 2.64. The first-order valence-corrected chi connectivity index (χ1v) is 7.52. The van der Waals surface area contributed by atoms with Gasteiger partial charge in [-0.1, -0.05) is 18.2 Å². The number of benzene rings is 1. The highest BCUT2D eigenvalue weighted by atomic mass is 33.1. The van der Waals surface area contributed by atoms with E-state index in [4.69, 9.17) is 0 Å². The third-order valence-electron chi connectivity index (χ3n) is 1.67. The third kappa shape index (κ3) is 2.58. The fraction of sp³-hybridized carbons (Fsp3) is 0.125. The minimum absolute atomic E-state index is 0.230. The number of hydrogen-bond acceptors (Lipinski definition) is 6. The molecule has 0 spiro atoms. The highest BCUT2D eigenvalue weighted by molar-refractivity contribution is 8.71. The molecule has 84 valence electrons. The molecule has 0 radical (unpaired) electrons. The second-order valence-corrected chi connectivity index (χ2v) is 7.25. The molecule has 0 amide bonds. The standard InChI is InChI=1S/C8H8N4O2S2/c1-16(13,14)15-8-9-10-11-12(8)7-5-3-2-4-6-7/h2-6H,1H3. The molecule has 0 unspecified atom stereocenters. The monoisotopic (exact) mass is 256 g/mol. The second-order valence-electron chi connectivity index (χ2n) is 3.00. The van der Waals surface area contributed by atoms with E-state index in [0.717, 1.165) is 11.9 Å². The molecule has 1 heterocycles. The molecule has 0 aliphatic rings. The number of nitrogens with zero attached hydrogens (tertiary/aromatic N) is 4. The van der Waals surface area contributed by atoms with Crippen molar-refractivity contribution in [3.05, 3.63) is 30.3 Å². The number of aromatic nitrogens is 4. The van der Waals surface area contributed by atoms with Crippen molar-refractivity contribution in [3.8, 4) is 5.69 Å². The fourth-order valence-corrected chi connectivity index (χ4v) is 2.77. The molecule has 2 rings (SSSR count). The smallest absolute Gasteiger partial charge is 0.217 e. The molecular formula is C8H8N4O2S2. The van der Waals surface area contributed by atoms with Crippen LogP contribution in [-0.4, -0.2) is 34.9 Å². The first-order valence-electron chi connectivity index (χ1n) is 4.29. The molecule has 1 aromatic carbocycles. The zero-order valence-electron chi connectivity index (χ0n) is 8.31. The molecule has 0 aliphatic carbocycles. The van der Waals surface area contributed by atoms with Crippen LogP contribution in [0.5, 0.6) is 0 Å². The number of hydrogen-bond donors (Lipinski definition) is 0. The summed E-state index contributed by atoms with van der Waals surface area (Å²) in [6.45, 7) is 0. The number of tetrazole rings is 1. The summed E-state index contributed by atoms with van der Waals surface area (Å²) in [5, 5.41) is 11.1. The predicted octanol–water partition coefficient (Wildman–Crippen LogP) is 0.714. The Bertz CT molecular complexity index is 579. The summed E-state index contributed by atoms with van der Waals surface area (Å²) >= 11 is 0. The summed E-state index contributed by atoms with van der Waals surface area (Å²) in [6, 6.07) is 9.10. The third-order valence-corrected chi connectivity index (χ3v) is 3.73. The van der Waals surface area contributed by atoms with Crippen LogP contribution in [0.2, 0.25) is 0 Å². The maximum absolute atomic E-state index is 11.1. The van der Waals surface area contributed by atoms with Crippen molar-refractivity contribution in [2.75, 3.05) is 6.26 Å². The van der Waals surface area contributed by atoms with Crippen molar-refractivity contribution in [3.63, 3.8) is 0 Å². The molecule has 0 aliphatic heterocycles. The van der Waals surface area contributed by atoms with E-state index in [1.165, 1.54) is 4.68 Å². The zero-order chi connectivity index (χ0) is 11.6. The van der Waals surface area contributed by atoms with Crippen molar-refractivity contribution in [1.29, 1.82) is 0 Å². The van der Waals surface area contributed by atoms with E-state index < -0.39 is 8.87 Å². The Morgan fingerprint density at radius 1 is 1.25 bits per heavy atom. The van der Waals surface area contributed by atoms with E-state index >= 15 is 0 Å². The number of para-hydroxylation sites is 1. The highest BCUT2D eigenvalue weighted by Crippen LogP contribution is 2.22. The first kappa shape index (κ1) is 11.1. The summed E-state index contributed by atoms with van der Waals surface area (Å²) in [5.74, 6) is 0. The van der Waals surface area contributed by atoms with Gasteiger partial charge in [-0.25, -0.2) is 8.42 Å². The molecule has 6 nitrogen and oxygen atoms in total. The van der Waals surface area contributed by atoms with Gasteiger partial charge in [0, 0.05) is 17.0 Å². The van der Waals surface area contributed by atoms with Gasteiger partial charge in [0.25, 0.3) is 0 Å². The maximum atomic E-state index is 11.1. The second kappa shape index (κ2) is 4.22. The van der Waals surface area contributed by atoms with Crippen molar-refractivity contribution in [2.24, 2.45) is 0 Å². The molecule has 0 atom stereocenters. The summed E-state index contributed by atoms with van der Waals surface area (Å²) in [5.41, 5.74) is 0.721. The van der Waals surface area contributed by atoms with E-state index in [9.17, 15) is 8.42 Å². The van der Waals surface area contributed by atoms with Crippen molar-refractivity contribution < 1.29 is 8.42 Å². The lowest BCUT2D eigenvalue weighted by Crippen LogP contribution is -2.00. The quantitative estimate of drug-likeness (QED) is 0.753. The Labute approximate surface area is 96.0 Å². The van der Waals surface area contributed by atoms with E-state index in [-0.39, 0.29) is 5.16 Å². The van der Waals surface area contributed by atoms with Gasteiger partial charge in [-0.3, -0.25) is 0 Å². The lowest BCUT2D eigenvalue weighted by atomic mass is 10.3. The van der Waals surface area contributed by atoms with Crippen molar-refractivity contribution in [1.82, 2.24) is 20.2 Å². The van der Waals surface area contributed by atoms with Crippen LogP contribution in [0, 0.1) is 0 Å². The Kier molecular flexibility index (Phi) is 2.92. The molecule has 0 saturated heterocycles. The highest BCUT2D eigenvalue weighted by Gasteiger charge is 2.14. The van der Waals surface area contributed by atoms with Crippen LogP contribution < -0.4 is 0 Å². The van der Waals surface area contributed by atoms with Gasteiger partial charge in [-0.15, -0.1) is 5.10 Å². The van der Waals surface area contributed by atoms with E-state index in [1.807, 2.05) is 18.2 Å². The van der Waals surface area contributed by atoms with Gasteiger partial charge in [0.05, 0.1) is 5.69 Å². The van der Waals surface area contributed by atoms with Gasteiger partial charge >= 0.3 is 0 Å². The molecule has 16 heavy (non-hydrogen) atoms. The Morgan fingerprint density at radius 3 is 2.56 bits per heavy atom. The van der Waals surface area contributed by atoms with Gasteiger partial charge in [0.2, 0.25) is 14.0 Å². The molecule has 0 bridgehead atoms. The van der Waals surface area contributed by atoms with Gasteiger partial charge in [-0.05, 0) is 22.6 Å². The van der Waals surface area contributed by atoms with E-state index in [0.29, 0.717) is 10.8 Å². The largest absolute Gasteiger partial charge is 0.229 e. The fourth-order valence-electron chi connectivity index (χ4n) is 1.10. The first-order chi connectivity index (χ1) is 7.56. The summed E-state index contributed by atoms with van der Waals surface area (Å²) < 4.78 is 23.7. The summed E-state index contributed by atoms with van der Waals surface area (Å²) in [6.07, 6.45) is 1.11.